The molecule has 124 valence electrons. The van der Waals surface area contributed by atoms with Crippen LogP contribution in [0.2, 0.25) is 0 Å². The number of nitrogens with one attached hydrogen (secondary N) is 2. The third-order valence-corrected chi connectivity index (χ3v) is 4.85. The number of nitrogens with zero attached hydrogens (tertiary/aromatic N) is 1. The van der Waals surface area contributed by atoms with Gasteiger partial charge in [0.15, 0.2) is 0 Å². The number of likely N-dealkylation sites (N-methyl/N-ethyl adjacent to an activating group) is 1. The molecule has 2 rings (SSSR count). The third-order valence-electron chi connectivity index (χ3n) is 3.88. The van der Waals surface area contributed by atoms with Gasteiger partial charge in [-0.05, 0) is 30.1 Å². The van der Waals surface area contributed by atoms with Crippen molar-refractivity contribution in [1.29, 1.82) is 0 Å². The van der Waals surface area contributed by atoms with E-state index in [2.05, 4.69) is 46.9 Å². The van der Waals surface area contributed by atoms with Crippen LogP contribution in [-0.4, -0.2) is 30.6 Å². The average molecular weight is 331 g/mol. The number of carbonyl (C=O) groups is 1. The second-order valence-electron chi connectivity index (χ2n) is 5.30. The summed E-state index contributed by atoms with van der Waals surface area (Å²) >= 11 is 1.74. The van der Waals surface area contributed by atoms with E-state index >= 15 is 0 Å². The fraction of sp³-hybridized carbons (Fsp3) is 0.389. The zero-order chi connectivity index (χ0) is 16.5. The lowest BCUT2D eigenvalue weighted by Crippen LogP contribution is -2.41. The molecule has 23 heavy (non-hydrogen) atoms. The summed E-state index contributed by atoms with van der Waals surface area (Å²) < 4.78 is 0. The molecule has 0 saturated carbocycles. The largest absolute Gasteiger partial charge is 0.336 e. The minimum absolute atomic E-state index is 0.123. The van der Waals surface area contributed by atoms with Crippen LogP contribution in [0, 0.1) is 0 Å². The maximum absolute atomic E-state index is 12.1. The molecule has 4 nitrogen and oxygen atoms in total. The van der Waals surface area contributed by atoms with Gasteiger partial charge in [-0.1, -0.05) is 50.2 Å². The Labute approximate surface area is 142 Å². The van der Waals surface area contributed by atoms with E-state index in [0.717, 1.165) is 18.7 Å². The van der Waals surface area contributed by atoms with Crippen molar-refractivity contribution in [3.63, 3.8) is 0 Å². The highest BCUT2D eigenvalue weighted by molar-refractivity contribution is 7.10. The molecule has 5 heteroatoms. The van der Waals surface area contributed by atoms with E-state index in [4.69, 9.17) is 0 Å². The van der Waals surface area contributed by atoms with E-state index in [0.29, 0.717) is 13.1 Å². The molecule has 0 radical (unpaired) electrons. The first-order chi connectivity index (χ1) is 11.2. The first kappa shape index (κ1) is 17.5. The van der Waals surface area contributed by atoms with Crippen molar-refractivity contribution >= 4 is 17.4 Å². The van der Waals surface area contributed by atoms with Crippen LogP contribution >= 0.6 is 11.3 Å². The molecule has 1 atom stereocenters. The predicted octanol–water partition coefficient (Wildman–Crippen LogP) is 3.63. The standard InChI is InChI=1S/C18H25N3OS/c1-3-21(4-2)16(17-11-8-12-23-17)14-20-18(22)19-13-15-9-6-5-7-10-15/h5-12,16H,3-4,13-14H2,1-2H3,(H2,19,20,22). The molecule has 0 saturated heterocycles. The average Bonchev–Trinajstić information content (AvgIpc) is 3.12. The molecule has 0 aliphatic carbocycles. The highest BCUT2D eigenvalue weighted by Crippen LogP contribution is 2.24. The lowest BCUT2D eigenvalue weighted by atomic mass is 10.2. The van der Waals surface area contributed by atoms with Crippen molar-refractivity contribution in [2.45, 2.75) is 26.4 Å². The Hall–Kier alpha value is -1.85. The Bertz CT molecular complexity index is 567. The number of urea groups is 1. The minimum atomic E-state index is -0.123. The van der Waals surface area contributed by atoms with Gasteiger partial charge in [-0.2, -0.15) is 0 Å². The number of rotatable bonds is 8. The molecule has 0 spiro atoms. The topological polar surface area (TPSA) is 44.4 Å². The van der Waals surface area contributed by atoms with Gasteiger partial charge in [0.25, 0.3) is 0 Å². The number of benzene rings is 1. The van der Waals surface area contributed by atoms with Gasteiger partial charge in [-0.3, -0.25) is 4.90 Å². The monoisotopic (exact) mass is 331 g/mol. The molecule has 0 aliphatic rings. The number of thiophene rings is 1. The first-order valence-corrected chi connectivity index (χ1v) is 8.95. The molecule has 1 aromatic carbocycles. The van der Waals surface area contributed by atoms with Crippen molar-refractivity contribution in [3.8, 4) is 0 Å². The Balaban J connectivity index is 1.86. The third kappa shape index (κ3) is 5.37. The zero-order valence-corrected chi connectivity index (χ0v) is 14.6. The Morgan fingerprint density at radius 1 is 1.09 bits per heavy atom. The van der Waals surface area contributed by atoms with Crippen molar-refractivity contribution in [1.82, 2.24) is 15.5 Å². The summed E-state index contributed by atoms with van der Waals surface area (Å²) in [6.45, 7) is 7.39. The first-order valence-electron chi connectivity index (χ1n) is 8.07. The van der Waals surface area contributed by atoms with Crippen LogP contribution in [0.15, 0.2) is 47.8 Å². The number of hydrogen-bond acceptors (Lipinski definition) is 3. The van der Waals surface area contributed by atoms with E-state index in [1.165, 1.54) is 4.88 Å². The normalized spacial score (nSPS) is 12.1. The van der Waals surface area contributed by atoms with Gasteiger partial charge in [0, 0.05) is 18.0 Å². The SMILES string of the molecule is CCN(CC)C(CNC(=O)NCc1ccccc1)c1cccs1. The van der Waals surface area contributed by atoms with Gasteiger partial charge >= 0.3 is 6.03 Å². The van der Waals surface area contributed by atoms with Crippen LogP contribution in [0.5, 0.6) is 0 Å². The second kappa shape index (κ2) is 9.33. The van der Waals surface area contributed by atoms with Gasteiger partial charge in [0.05, 0.1) is 6.04 Å². The van der Waals surface area contributed by atoms with E-state index < -0.39 is 0 Å². The smallest absolute Gasteiger partial charge is 0.315 e. The summed E-state index contributed by atoms with van der Waals surface area (Å²) in [6.07, 6.45) is 0. The molecule has 1 unspecified atom stereocenters. The molecule has 0 bridgehead atoms. The Kier molecular flexibility index (Phi) is 7.10. The summed E-state index contributed by atoms with van der Waals surface area (Å²) in [6, 6.07) is 14.2. The van der Waals surface area contributed by atoms with Gasteiger partial charge in [-0.15, -0.1) is 11.3 Å². The fourth-order valence-electron chi connectivity index (χ4n) is 2.58. The number of amides is 2. The van der Waals surface area contributed by atoms with Crippen LogP contribution in [-0.2, 0) is 6.54 Å². The van der Waals surface area contributed by atoms with E-state index in [-0.39, 0.29) is 12.1 Å². The van der Waals surface area contributed by atoms with Gasteiger partial charge in [-0.25, -0.2) is 4.79 Å². The summed E-state index contributed by atoms with van der Waals surface area (Å²) in [7, 11) is 0. The van der Waals surface area contributed by atoms with Crippen LogP contribution < -0.4 is 10.6 Å². The van der Waals surface area contributed by atoms with Crippen molar-refractivity contribution in [2.24, 2.45) is 0 Å². The lowest BCUT2D eigenvalue weighted by molar-refractivity contribution is 0.208. The molecule has 2 N–H and O–H groups in total. The van der Waals surface area contributed by atoms with E-state index in [1.807, 2.05) is 30.3 Å². The molecule has 1 heterocycles. The van der Waals surface area contributed by atoms with Crippen LogP contribution in [0.4, 0.5) is 4.79 Å². The highest BCUT2D eigenvalue weighted by Gasteiger charge is 2.19. The van der Waals surface area contributed by atoms with Crippen molar-refractivity contribution in [2.75, 3.05) is 19.6 Å². The summed E-state index contributed by atoms with van der Waals surface area (Å²) in [5.74, 6) is 0. The van der Waals surface area contributed by atoms with Gasteiger partial charge in [0.1, 0.15) is 0 Å². The van der Waals surface area contributed by atoms with Crippen molar-refractivity contribution < 1.29 is 4.79 Å². The molecule has 2 aromatic rings. The van der Waals surface area contributed by atoms with Crippen LogP contribution in [0.3, 0.4) is 0 Å². The van der Waals surface area contributed by atoms with E-state index in [1.54, 1.807) is 11.3 Å². The molecular weight excluding hydrogens is 306 g/mol. The summed E-state index contributed by atoms with van der Waals surface area (Å²) in [4.78, 5) is 15.7. The van der Waals surface area contributed by atoms with E-state index in [9.17, 15) is 4.79 Å². The van der Waals surface area contributed by atoms with Crippen molar-refractivity contribution in [3.05, 3.63) is 58.3 Å². The van der Waals surface area contributed by atoms with Gasteiger partial charge in [0.2, 0.25) is 0 Å². The summed E-state index contributed by atoms with van der Waals surface area (Å²) in [5, 5.41) is 8.00. The quantitative estimate of drug-likeness (QED) is 0.776. The lowest BCUT2D eigenvalue weighted by Gasteiger charge is -2.29. The predicted molar refractivity (Wildman–Crippen MR) is 96.7 cm³/mol. The number of hydrogen-bond donors (Lipinski definition) is 2. The second-order valence-corrected chi connectivity index (χ2v) is 6.28. The fourth-order valence-corrected chi connectivity index (χ4v) is 3.45. The molecule has 2 amide bonds. The maximum Gasteiger partial charge on any atom is 0.315 e. The molecule has 0 aliphatic heterocycles. The number of carbonyl (C=O) groups excluding carboxylic acids is 1. The Morgan fingerprint density at radius 2 is 1.83 bits per heavy atom. The minimum Gasteiger partial charge on any atom is -0.336 e. The molecule has 1 aromatic heterocycles. The van der Waals surface area contributed by atoms with Crippen LogP contribution in [0.1, 0.15) is 30.3 Å². The molecular formula is C18H25N3OS. The highest BCUT2D eigenvalue weighted by atomic mass is 32.1. The maximum atomic E-state index is 12.1. The summed E-state index contributed by atoms with van der Waals surface area (Å²) in [5.41, 5.74) is 1.10. The Morgan fingerprint density at radius 3 is 2.43 bits per heavy atom. The van der Waals surface area contributed by atoms with Crippen LogP contribution in [0.25, 0.3) is 0 Å². The molecule has 0 fully saturated rings. The zero-order valence-electron chi connectivity index (χ0n) is 13.8. The van der Waals surface area contributed by atoms with Gasteiger partial charge < -0.3 is 10.6 Å².